The number of allylic oxidation sites excluding steroid dienone is 2. The van der Waals surface area contributed by atoms with E-state index < -0.39 is 0 Å². The van der Waals surface area contributed by atoms with Crippen LogP contribution in [0.3, 0.4) is 0 Å². The molecule has 1 N–H and O–H groups in total. The molecule has 9 heavy (non-hydrogen) atoms. The van der Waals surface area contributed by atoms with Gasteiger partial charge in [-0.05, 0) is 13.0 Å². The van der Waals surface area contributed by atoms with Crippen molar-refractivity contribution in [3.63, 3.8) is 0 Å². The second kappa shape index (κ2) is 3.89. The molecule has 0 aromatic rings. The second-order valence-electron chi connectivity index (χ2n) is 1.54. The summed E-state index contributed by atoms with van der Waals surface area (Å²) in [5.41, 5.74) is 0.319. The molecule has 0 heterocycles. The Hall–Kier alpha value is -1.05. The highest BCUT2D eigenvalue weighted by Gasteiger charge is 1.93. The molecule has 0 aromatic carbocycles. The van der Waals surface area contributed by atoms with Gasteiger partial charge in [-0.3, -0.25) is 5.41 Å². The molecule has 0 aromatic heterocycles. The topological polar surface area (TPSA) is 33.1 Å². The summed E-state index contributed by atoms with van der Waals surface area (Å²) in [6.07, 6.45) is 3.40. The van der Waals surface area contributed by atoms with E-state index in [1.807, 2.05) is 6.92 Å². The van der Waals surface area contributed by atoms with Crippen molar-refractivity contribution in [1.82, 2.24) is 0 Å². The summed E-state index contributed by atoms with van der Waals surface area (Å²) >= 11 is 0. The van der Waals surface area contributed by atoms with Crippen molar-refractivity contribution in [1.29, 1.82) is 5.41 Å². The molecule has 50 valence electrons. The van der Waals surface area contributed by atoms with Crippen molar-refractivity contribution in [3.05, 3.63) is 24.5 Å². The summed E-state index contributed by atoms with van der Waals surface area (Å²) in [5.74, 6) is 0.396. The van der Waals surface area contributed by atoms with Crippen molar-refractivity contribution < 1.29 is 4.74 Å². The Bertz CT molecular complexity index is 147. The Kier molecular flexibility index (Phi) is 3.44. The highest BCUT2D eigenvalue weighted by atomic mass is 16.5. The van der Waals surface area contributed by atoms with Crippen LogP contribution < -0.4 is 0 Å². The zero-order valence-electron chi connectivity index (χ0n) is 5.77. The molecule has 2 heteroatoms. The van der Waals surface area contributed by atoms with Crippen LogP contribution in [0.2, 0.25) is 0 Å². The van der Waals surface area contributed by atoms with Crippen LogP contribution in [0.1, 0.15) is 6.92 Å². The Morgan fingerprint density at radius 3 is 2.56 bits per heavy atom. The molecule has 0 atom stereocenters. The van der Waals surface area contributed by atoms with E-state index in [4.69, 9.17) is 10.1 Å². The summed E-state index contributed by atoms with van der Waals surface area (Å²) < 4.78 is 4.69. The molecule has 0 aliphatic carbocycles. The smallest absolute Gasteiger partial charge is 0.136 e. The summed E-state index contributed by atoms with van der Waals surface area (Å²) in [4.78, 5) is 0. The highest BCUT2D eigenvalue weighted by Crippen LogP contribution is 1.93. The Morgan fingerprint density at radius 2 is 2.22 bits per heavy atom. The first kappa shape index (κ1) is 7.95. The van der Waals surface area contributed by atoms with Crippen LogP contribution in [0, 0.1) is 5.41 Å². The van der Waals surface area contributed by atoms with Crippen LogP contribution in [0.25, 0.3) is 0 Å². The van der Waals surface area contributed by atoms with Crippen LogP contribution in [0.5, 0.6) is 0 Å². The minimum atomic E-state index is 0.319. The molecule has 0 amide bonds. The van der Waals surface area contributed by atoms with E-state index in [0.29, 0.717) is 11.5 Å². The quantitative estimate of drug-likeness (QED) is 0.452. The first-order chi connectivity index (χ1) is 4.22. The molecule has 0 spiro atoms. The molecule has 0 bridgehead atoms. The SMILES string of the molecule is C=C(OC)C(=N)/C=C\C. The molecule has 0 aliphatic rings. The van der Waals surface area contributed by atoms with Crippen molar-refractivity contribution in [2.24, 2.45) is 0 Å². The van der Waals surface area contributed by atoms with Gasteiger partial charge in [0.15, 0.2) is 0 Å². The Balaban J connectivity index is 3.89. The largest absolute Gasteiger partial charge is 0.495 e. The molecule has 0 radical (unpaired) electrons. The van der Waals surface area contributed by atoms with Crippen LogP contribution in [0.15, 0.2) is 24.5 Å². The van der Waals surface area contributed by atoms with Gasteiger partial charge in [0, 0.05) is 0 Å². The maximum Gasteiger partial charge on any atom is 0.136 e. The third-order valence-corrected chi connectivity index (χ3v) is 0.880. The van der Waals surface area contributed by atoms with Crippen molar-refractivity contribution in [2.75, 3.05) is 7.11 Å². The van der Waals surface area contributed by atoms with Gasteiger partial charge in [0.2, 0.25) is 0 Å². The third-order valence-electron chi connectivity index (χ3n) is 0.880. The average Bonchev–Trinajstić information content (AvgIpc) is 1.87. The fraction of sp³-hybridized carbons (Fsp3) is 0.286. The van der Waals surface area contributed by atoms with Crippen molar-refractivity contribution in [3.8, 4) is 0 Å². The van der Waals surface area contributed by atoms with E-state index >= 15 is 0 Å². The molecule has 2 nitrogen and oxygen atoms in total. The molecule has 0 aliphatic heterocycles. The summed E-state index contributed by atoms with van der Waals surface area (Å²) in [6.45, 7) is 5.34. The van der Waals surface area contributed by atoms with E-state index in [0.717, 1.165) is 0 Å². The third kappa shape index (κ3) is 2.69. The maximum absolute atomic E-state index is 7.18. The van der Waals surface area contributed by atoms with E-state index in [1.54, 1.807) is 12.2 Å². The van der Waals surface area contributed by atoms with E-state index in [1.165, 1.54) is 7.11 Å². The fourth-order valence-corrected chi connectivity index (χ4v) is 0.370. The monoisotopic (exact) mass is 125 g/mol. The van der Waals surface area contributed by atoms with E-state index in [-0.39, 0.29) is 0 Å². The lowest BCUT2D eigenvalue weighted by molar-refractivity contribution is 0.317. The van der Waals surface area contributed by atoms with Crippen LogP contribution in [-0.4, -0.2) is 12.8 Å². The number of ether oxygens (including phenoxy) is 1. The van der Waals surface area contributed by atoms with E-state index in [2.05, 4.69) is 6.58 Å². The standard InChI is InChI=1S/C7H11NO/c1-4-5-7(8)6(2)9-3/h4-5,8H,2H2,1,3H3/b5-4-,8-7?. The Morgan fingerprint density at radius 1 is 1.67 bits per heavy atom. The molecular formula is C7H11NO. The van der Waals surface area contributed by atoms with Crippen LogP contribution >= 0.6 is 0 Å². The highest BCUT2D eigenvalue weighted by molar-refractivity contribution is 6.04. The van der Waals surface area contributed by atoms with Gasteiger partial charge in [0.1, 0.15) is 5.76 Å². The number of nitrogens with one attached hydrogen (secondary N) is 1. The first-order valence-corrected chi connectivity index (χ1v) is 2.67. The summed E-state index contributed by atoms with van der Waals surface area (Å²) in [6, 6.07) is 0. The lowest BCUT2D eigenvalue weighted by Gasteiger charge is -1.98. The lowest BCUT2D eigenvalue weighted by atomic mass is 10.3. The normalized spacial score (nSPS) is 9.56. The van der Waals surface area contributed by atoms with Gasteiger partial charge < -0.3 is 4.74 Å². The maximum atomic E-state index is 7.18. The first-order valence-electron chi connectivity index (χ1n) is 2.67. The minimum absolute atomic E-state index is 0.319. The number of rotatable bonds is 3. The second-order valence-corrected chi connectivity index (χ2v) is 1.54. The zero-order chi connectivity index (χ0) is 7.28. The molecule has 0 saturated heterocycles. The number of methoxy groups -OCH3 is 1. The number of hydrogen-bond donors (Lipinski definition) is 1. The van der Waals surface area contributed by atoms with Crippen molar-refractivity contribution >= 4 is 5.71 Å². The van der Waals surface area contributed by atoms with Gasteiger partial charge in [-0.1, -0.05) is 12.7 Å². The van der Waals surface area contributed by atoms with Crippen LogP contribution in [-0.2, 0) is 4.74 Å². The van der Waals surface area contributed by atoms with E-state index in [9.17, 15) is 0 Å². The lowest BCUT2D eigenvalue weighted by Crippen LogP contribution is -1.96. The van der Waals surface area contributed by atoms with Gasteiger partial charge in [0.25, 0.3) is 0 Å². The van der Waals surface area contributed by atoms with Crippen LogP contribution in [0.4, 0.5) is 0 Å². The molecule has 0 fully saturated rings. The fourth-order valence-electron chi connectivity index (χ4n) is 0.370. The Labute approximate surface area is 55.3 Å². The minimum Gasteiger partial charge on any atom is -0.495 e. The molecule has 0 saturated carbocycles. The van der Waals surface area contributed by atoms with Gasteiger partial charge >= 0.3 is 0 Å². The molecule has 0 rings (SSSR count). The predicted octanol–water partition coefficient (Wildman–Crippen LogP) is 1.74. The van der Waals surface area contributed by atoms with Gasteiger partial charge in [-0.2, -0.15) is 0 Å². The van der Waals surface area contributed by atoms with Gasteiger partial charge in [-0.25, -0.2) is 0 Å². The number of hydrogen-bond acceptors (Lipinski definition) is 2. The zero-order valence-corrected chi connectivity index (χ0v) is 5.77. The molecule has 0 unspecified atom stereocenters. The molecular weight excluding hydrogens is 114 g/mol. The van der Waals surface area contributed by atoms with Gasteiger partial charge in [0.05, 0.1) is 12.8 Å². The average molecular weight is 125 g/mol. The van der Waals surface area contributed by atoms with Gasteiger partial charge in [-0.15, -0.1) is 0 Å². The predicted molar refractivity (Wildman–Crippen MR) is 38.7 cm³/mol. The summed E-state index contributed by atoms with van der Waals surface area (Å²) in [5, 5.41) is 7.18. The van der Waals surface area contributed by atoms with Crippen molar-refractivity contribution in [2.45, 2.75) is 6.92 Å². The summed E-state index contributed by atoms with van der Waals surface area (Å²) in [7, 11) is 1.50.